The summed E-state index contributed by atoms with van der Waals surface area (Å²) in [6, 6.07) is 45.2. The van der Waals surface area contributed by atoms with Gasteiger partial charge in [-0.2, -0.15) is 0 Å². The number of hydrogen-bond donors (Lipinski definition) is 0. The highest BCUT2D eigenvalue weighted by Crippen LogP contribution is 2.38. The standard InChI is InChI=1S/C33H21N3/c1-2-11-22(12-3-1)23-13-10-14-24(21-23)35-30-20-9-7-18-28(30)31-33(35)36-29-19-8-6-16-26(29)25-15-4-5-17-27(25)32(36)34-31/h1-21H. The monoisotopic (exact) mass is 459 g/mol. The molecule has 0 aliphatic heterocycles. The molecule has 0 unspecified atom stereocenters. The minimum atomic E-state index is 0.994. The number of fused-ring (bicyclic) bond motifs is 10. The zero-order valence-electron chi connectivity index (χ0n) is 19.5. The highest BCUT2D eigenvalue weighted by Gasteiger charge is 2.21. The first-order chi connectivity index (χ1) is 17.9. The maximum atomic E-state index is 5.29. The summed E-state index contributed by atoms with van der Waals surface area (Å²) in [5, 5.41) is 4.79. The molecule has 8 rings (SSSR count). The lowest BCUT2D eigenvalue weighted by atomic mass is 10.1. The number of hydrogen-bond acceptors (Lipinski definition) is 1. The van der Waals surface area contributed by atoms with Crippen LogP contribution in [0.1, 0.15) is 0 Å². The van der Waals surface area contributed by atoms with Crippen molar-refractivity contribution < 1.29 is 0 Å². The topological polar surface area (TPSA) is 22.2 Å². The van der Waals surface area contributed by atoms with Gasteiger partial charge in [0.1, 0.15) is 11.2 Å². The number of nitrogens with zero attached hydrogens (tertiary/aromatic N) is 3. The first-order valence-corrected chi connectivity index (χ1v) is 12.3. The van der Waals surface area contributed by atoms with Crippen molar-refractivity contribution in [3.63, 3.8) is 0 Å². The SMILES string of the molecule is c1ccc(-c2cccc(-n3c4ccccc4c4nc5c6ccccc6c6ccccc6n5c43)c2)cc1. The second-order valence-electron chi connectivity index (χ2n) is 9.27. The lowest BCUT2D eigenvalue weighted by Crippen LogP contribution is -1.99. The Balaban J connectivity index is 1.58. The van der Waals surface area contributed by atoms with Gasteiger partial charge in [0.25, 0.3) is 0 Å². The molecule has 0 aliphatic rings. The van der Waals surface area contributed by atoms with E-state index in [2.05, 4.69) is 136 Å². The molecule has 3 heterocycles. The van der Waals surface area contributed by atoms with E-state index in [1.54, 1.807) is 0 Å². The fraction of sp³-hybridized carbons (Fsp3) is 0. The van der Waals surface area contributed by atoms with Gasteiger partial charge in [-0.15, -0.1) is 0 Å². The lowest BCUT2D eigenvalue weighted by molar-refractivity contribution is 1.12. The van der Waals surface area contributed by atoms with E-state index in [-0.39, 0.29) is 0 Å². The van der Waals surface area contributed by atoms with E-state index in [4.69, 9.17) is 4.98 Å². The number of aromatic nitrogens is 3. The number of para-hydroxylation sites is 2. The fourth-order valence-corrected chi connectivity index (χ4v) is 5.72. The summed E-state index contributed by atoms with van der Waals surface area (Å²) in [5.74, 6) is 0. The summed E-state index contributed by atoms with van der Waals surface area (Å²) in [7, 11) is 0. The molecule has 0 radical (unpaired) electrons. The summed E-state index contributed by atoms with van der Waals surface area (Å²) in [6.45, 7) is 0. The van der Waals surface area contributed by atoms with E-state index in [9.17, 15) is 0 Å². The van der Waals surface area contributed by atoms with Crippen molar-refractivity contribution in [1.82, 2.24) is 14.0 Å². The minimum Gasteiger partial charge on any atom is -0.294 e. The van der Waals surface area contributed by atoms with E-state index in [1.807, 2.05) is 0 Å². The van der Waals surface area contributed by atoms with E-state index in [0.29, 0.717) is 0 Å². The summed E-state index contributed by atoms with van der Waals surface area (Å²) in [6.07, 6.45) is 0. The molecule has 0 saturated heterocycles. The molecule has 5 aromatic carbocycles. The molecule has 36 heavy (non-hydrogen) atoms. The zero-order valence-corrected chi connectivity index (χ0v) is 19.5. The Hall–Kier alpha value is -4.89. The maximum absolute atomic E-state index is 5.29. The normalized spacial score (nSPS) is 11.9. The van der Waals surface area contributed by atoms with Gasteiger partial charge in [-0.25, -0.2) is 4.98 Å². The molecule has 0 spiro atoms. The van der Waals surface area contributed by atoms with Crippen LogP contribution in [-0.2, 0) is 0 Å². The molecular formula is C33H21N3. The average molecular weight is 460 g/mol. The third-order valence-corrected chi connectivity index (χ3v) is 7.28. The van der Waals surface area contributed by atoms with Crippen LogP contribution in [0.25, 0.3) is 66.2 Å². The van der Waals surface area contributed by atoms with Gasteiger partial charge in [0.05, 0.1) is 11.0 Å². The Labute approximate surface area is 207 Å². The molecule has 0 fully saturated rings. The fourth-order valence-electron chi connectivity index (χ4n) is 5.72. The molecule has 0 saturated carbocycles. The average Bonchev–Trinajstić information content (AvgIpc) is 3.49. The largest absolute Gasteiger partial charge is 0.294 e. The summed E-state index contributed by atoms with van der Waals surface area (Å²) >= 11 is 0. The summed E-state index contributed by atoms with van der Waals surface area (Å²) in [4.78, 5) is 5.29. The second kappa shape index (κ2) is 7.30. The van der Waals surface area contributed by atoms with Crippen LogP contribution < -0.4 is 0 Å². The van der Waals surface area contributed by atoms with Gasteiger partial charge < -0.3 is 0 Å². The van der Waals surface area contributed by atoms with Crippen LogP contribution in [0.4, 0.5) is 0 Å². The summed E-state index contributed by atoms with van der Waals surface area (Å²) in [5.41, 5.74) is 8.97. The molecule has 3 aromatic heterocycles. The first-order valence-electron chi connectivity index (χ1n) is 12.3. The van der Waals surface area contributed by atoms with Gasteiger partial charge in [0.2, 0.25) is 0 Å². The Morgan fingerprint density at radius 2 is 1.11 bits per heavy atom. The van der Waals surface area contributed by atoms with Gasteiger partial charge in [-0.05, 0) is 40.8 Å². The highest BCUT2D eigenvalue weighted by molar-refractivity contribution is 6.16. The minimum absolute atomic E-state index is 0.994. The predicted octanol–water partition coefficient (Wildman–Crippen LogP) is 8.40. The van der Waals surface area contributed by atoms with E-state index >= 15 is 0 Å². The van der Waals surface area contributed by atoms with Crippen LogP contribution in [0.15, 0.2) is 127 Å². The van der Waals surface area contributed by atoms with Gasteiger partial charge in [0, 0.05) is 21.8 Å². The zero-order chi connectivity index (χ0) is 23.6. The first kappa shape index (κ1) is 19.4. The molecule has 3 heteroatoms. The van der Waals surface area contributed by atoms with Crippen LogP contribution in [0.5, 0.6) is 0 Å². The quantitative estimate of drug-likeness (QED) is 0.238. The van der Waals surface area contributed by atoms with Crippen molar-refractivity contribution in [2.24, 2.45) is 0 Å². The Bertz CT molecular complexity index is 2100. The van der Waals surface area contributed by atoms with Gasteiger partial charge >= 0.3 is 0 Å². The molecule has 0 amide bonds. The number of pyridine rings is 1. The predicted molar refractivity (Wildman–Crippen MR) is 150 cm³/mol. The van der Waals surface area contributed by atoms with Gasteiger partial charge in [-0.1, -0.05) is 103 Å². The Morgan fingerprint density at radius 1 is 0.472 bits per heavy atom. The third kappa shape index (κ3) is 2.60. The number of rotatable bonds is 2. The van der Waals surface area contributed by atoms with Crippen molar-refractivity contribution >= 4 is 49.4 Å². The molecule has 0 N–H and O–H groups in total. The van der Waals surface area contributed by atoms with Crippen molar-refractivity contribution in [1.29, 1.82) is 0 Å². The molecule has 0 aliphatic carbocycles. The molecule has 168 valence electrons. The maximum Gasteiger partial charge on any atom is 0.151 e. The molecule has 8 aromatic rings. The van der Waals surface area contributed by atoms with Crippen LogP contribution in [0.2, 0.25) is 0 Å². The Kier molecular flexibility index (Phi) is 3.94. The smallest absolute Gasteiger partial charge is 0.151 e. The molecule has 3 nitrogen and oxygen atoms in total. The number of benzene rings is 5. The second-order valence-corrected chi connectivity index (χ2v) is 9.27. The van der Waals surface area contributed by atoms with Crippen molar-refractivity contribution in [2.75, 3.05) is 0 Å². The van der Waals surface area contributed by atoms with E-state index in [1.165, 1.54) is 27.3 Å². The third-order valence-electron chi connectivity index (χ3n) is 7.28. The van der Waals surface area contributed by atoms with Crippen molar-refractivity contribution in [3.05, 3.63) is 127 Å². The molecule has 0 bridgehead atoms. The van der Waals surface area contributed by atoms with Crippen molar-refractivity contribution in [3.8, 4) is 16.8 Å². The van der Waals surface area contributed by atoms with Crippen LogP contribution in [0.3, 0.4) is 0 Å². The van der Waals surface area contributed by atoms with Gasteiger partial charge in [0.15, 0.2) is 5.65 Å². The van der Waals surface area contributed by atoms with E-state index in [0.717, 1.165) is 38.9 Å². The molecule has 0 atom stereocenters. The lowest BCUT2D eigenvalue weighted by Gasteiger charge is -2.13. The molecular weight excluding hydrogens is 438 g/mol. The van der Waals surface area contributed by atoms with Crippen LogP contribution in [0, 0.1) is 0 Å². The number of imidazole rings is 1. The van der Waals surface area contributed by atoms with Crippen LogP contribution in [-0.4, -0.2) is 14.0 Å². The van der Waals surface area contributed by atoms with Crippen molar-refractivity contribution in [2.45, 2.75) is 0 Å². The summed E-state index contributed by atoms with van der Waals surface area (Å²) < 4.78 is 4.72. The van der Waals surface area contributed by atoms with E-state index < -0.39 is 0 Å². The highest BCUT2D eigenvalue weighted by atomic mass is 15.2. The van der Waals surface area contributed by atoms with Gasteiger partial charge in [-0.3, -0.25) is 8.97 Å². The Morgan fingerprint density at radius 3 is 1.94 bits per heavy atom. The van der Waals surface area contributed by atoms with Crippen LogP contribution >= 0.6 is 0 Å².